The molecule has 0 amide bonds. The van der Waals surface area contributed by atoms with E-state index in [9.17, 15) is 9.59 Å². The van der Waals surface area contributed by atoms with Crippen LogP contribution in [0.3, 0.4) is 0 Å². The van der Waals surface area contributed by atoms with Crippen LogP contribution < -0.4 is 39.9 Å². The number of allylic oxidation sites excluding steroid dienone is 2. The van der Waals surface area contributed by atoms with Gasteiger partial charge in [-0.2, -0.15) is 0 Å². The van der Waals surface area contributed by atoms with Gasteiger partial charge in [0.25, 0.3) is 0 Å². The molecule has 0 saturated carbocycles. The maximum absolute atomic E-state index is 12.3. The van der Waals surface area contributed by atoms with Gasteiger partial charge in [0.1, 0.15) is 11.5 Å². The van der Waals surface area contributed by atoms with Crippen molar-refractivity contribution in [1.29, 1.82) is 0 Å². The van der Waals surface area contributed by atoms with Crippen molar-refractivity contribution in [2.75, 3.05) is 39.3 Å². The van der Waals surface area contributed by atoms with Crippen LogP contribution in [0.5, 0.6) is 34.5 Å². The molecule has 2 aliphatic heterocycles. The lowest BCUT2D eigenvalue weighted by molar-refractivity contribution is 0.104. The zero-order valence-electron chi connectivity index (χ0n) is 24.1. The van der Waals surface area contributed by atoms with E-state index in [0.717, 1.165) is 22.6 Å². The fraction of sp³-hybridized carbons (Fsp3) is 0.118. The fourth-order valence-electron chi connectivity index (χ4n) is 4.30. The van der Waals surface area contributed by atoms with Crippen molar-refractivity contribution in [3.8, 4) is 34.5 Å². The van der Waals surface area contributed by atoms with Crippen LogP contribution in [-0.2, 0) is 0 Å². The Morgan fingerprint density at radius 1 is 0.591 bits per heavy atom. The van der Waals surface area contributed by atoms with Crippen LogP contribution in [0.4, 0.5) is 11.4 Å². The molecule has 0 radical (unpaired) electrons. The Hall–Kier alpha value is -5.90. The topological polar surface area (TPSA) is 142 Å². The number of carbonyl (C=O) groups excluding carboxylic acids is 2. The number of anilines is 2. The second-order valence-electron chi connectivity index (χ2n) is 9.53. The predicted molar refractivity (Wildman–Crippen MR) is 167 cm³/mol. The van der Waals surface area contributed by atoms with Crippen molar-refractivity contribution in [2.45, 2.75) is 0 Å². The Labute approximate surface area is 254 Å². The lowest BCUT2D eigenvalue weighted by Crippen LogP contribution is -2.00. The predicted octanol–water partition coefficient (Wildman–Crippen LogP) is 5.80. The highest BCUT2D eigenvalue weighted by Crippen LogP contribution is 2.37. The number of hydrogen-bond donors (Lipinski definition) is 2. The summed E-state index contributed by atoms with van der Waals surface area (Å²) < 4.78 is 31.2. The van der Waals surface area contributed by atoms with Gasteiger partial charge in [-0.05, 0) is 59.7 Å². The highest BCUT2D eigenvalue weighted by Gasteiger charge is 2.19. The number of hydrogen-bond acceptors (Lipinski definition) is 10. The molecule has 2 aliphatic rings. The summed E-state index contributed by atoms with van der Waals surface area (Å²) in [5.41, 5.74) is 15.1. The molecule has 4 N–H and O–H groups in total. The molecule has 10 nitrogen and oxygen atoms in total. The minimum atomic E-state index is -0.188. The minimum Gasteiger partial charge on any atom is -0.497 e. The van der Waals surface area contributed by atoms with Crippen molar-refractivity contribution < 1.29 is 38.0 Å². The van der Waals surface area contributed by atoms with Crippen molar-refractivity contribution in [3.05, 3.63) is 107 Å². The van der Waals surface area contributed by atoms with Gasteiger partial charge in [-0.1, -0.05) is 36.4 Å². The van der Waals surface area contributed by atoms with Gasteiger partial charge in [0.05, 0.1) is 14.2 Å². The van der Waals surface area contributed by atoms with Crippen LogP contribution in [-0.4, -0.2) is 39.4 Å². The molecule has 0 bridgehead atoms. The van der Waals surface area contributed by atoms with Gasteiger partial charge in [-0.25, -0.2) is 0 Å². The molecular weight excluding hydrogens is 564 g/mol. The van der Waals surface area contributed by atoms with Crippen LogP contribution in [0.25, 0.3) is 12.2 Å². The van der Waals surface area contributed by atoms with Gasteiger partial charge in [0, 0.05) is 34.6 Å². The summed E-state index contributed by atoms with van der Waals surface area (Å²) in [5.74, 6) is 3.36. The Kier molecular flexibility index (Phi) is 9.00. The van der Waals surface area contributed by atoms with Crippen LogP contribution in [0.2, 0.25) is 0 Å². The fourth-order valence-corrected chi connectivity index (χ4v) is 4.30. The van der Waals surface area contributed by atoms with E-state index in [-0.39, 0.29) is 25.2 Å². The van der Waals surface area contributed by atoms with E-state index < -0.39 is 0 Å². The minimum absolute atomic E-state index is 0.147. The highest BCUT2D eigenvalue weighted by molar-refractivity contribution is 6.11. The summed E-state index contributed by atoms with van der Waals surface area (Å²) in [7, 11) is 3.22. The second kappa shape index (κ2) is 13.4. The molecule has 224 valence electrons. The maximum Gasteiger partial charge on any atom is 0.231 e. The van der Waals surface area contributed by atoms with E-state index >= 15 is 0 Å². The normalized spacial score (nSPS) is 12.6. The van der Waals surface area contributed by atoms with E-state index in [1.807, 2.05) is 48.5 Å². The summed E-state index contributed by atoms with van der Waals surface area (Å²) in [4.78, 5) is 24.5. The number of benzene rings is 4. The second-order valence-corrected chi connectivity index (χ2v) is 9.53. The molecule has 0 atom stereocenters. The zero-order valence-corrected chi connectivity index (χ0v) is 24.1. The van der Waals surface area contributed by atoms with Gasteiger partial charge >= 0.3 is 0 Å². The van der Waals surface area contributed by atoms with E-state index in [1.54, 1.807) is 50.6 Å². The Morgan fingerprint density at radius 3 is 1.27 bits per heavy atom. The maximum atomic E-state index is 12.3. The Balaban J connectivity index is 0.000000175. The quantitative estimate of drug-likeness (QED) is 0.146. The molecule has 0 unspecified atom stereocenters. The number of rotatable bonds is 8. The average molecular weight is 595 g/mol. The van der Waals surface area contributed by atoms with Crippen LogP contribution >= 0.6 is 0 Å². The Morgan fingerprint density at radius 2 is 0.932 bits per heavy atom. The first kappa shape index (κ1) is 29.6. The van der Waals surface area contributed by atoms with Crippen molar-refractivity contribution in [3.63, 3.8) is 0 Å². The molecule has 0 aromatic heterocycles. The van der Waals surface area contributed by atoms with Crippen molar-refractivity contribution in [1.82, 2.24) is 0 Å². The number of ether oxygens (including phenoxy) is 6. The number of ketones is 2. The first-order valence-electron chi connectivity index (χ1n) is 13.5. The van der Waals surface area contributed by atoms with E-state index in [2.05, 4.69) is 0 Å². The average Bonchev–Trinajstić information content (AvgIpc) is 3.71. The van der Waals surface area contributed by atoms with Gasteiger partial charge in [0.15, 0.2) is 34.6 Å². The van der Waals surface area contributed by atoms with Gasteiger partial charge < -0.3 is 39.9 Å². The third-order valence-corrected chi connectivity index (χ3v) is 6.71. The summed E-state index contributed by atoms with van der Waals surface area (Å²) in [6.07, 6.45) is 6.42. The molecular formula is C34H30N2O8. The number of nitrogens with two attached hydrogens (primary N) is 2. The molecule has 0 spiro atoms. The molecule has 2 heterocycles. The van der Waals surface area contributed by atoms with Crippen molar-refractivity contribution in [2.24, 2.45) is 0 Å². The summed E-state index contributed by atoms with van der Waals surface area (Å²) in [6, 6.07) is 21.2. The molecule has 6 rings (SSSR count). The van der Waals surface area contributed by atoms with E-state index in [1.165, 1.54) is 12.2 Å². The van der Waals surface area contributed by atoms with E-state index in [4.69, 9.17) is 39.9 Å². The smallest absolute Gasteiger partial charge is 0.231 e. The van der Waals surface area contributed by atoms with Crippen LogP contribution in [0, 0.1) is 0 Å². The van der Waals surface area contributed by atoms with Gasteiger partial charge in [-0.15, -0.1) is 0 Å². The number of nitrogen functional groups attached to an aromatic ring is 2. The number of fused-ring (bicyclic) bond motifs is 2. The molecule has 0 saturated heterocycles. The van der Waals surface area contributed by atoms with Crippen molar-refractivity contribution >= 4 is 35.1 Å². The first-order valence-corrected chi connectivity index (χ1v) is 13.5. The van der Waals surface area contributed by atoms with E-state index in [0.29, 0.717) is 45.5 Å². The number of carbonyl (C=O) groups is 2. The van der Waals surface area contributed by atoms with Crippen LogP contribution in [0.1, 0.15) is 31.8 Å². The lowest BCUT2D eigenvalue weighted by atomic mass is 10.1. The molecule has 4 aromatic rings. The summed E-state index contributed by atoms with van der Waals surface area (Å²) in [5, 5.41) is 0. The summed E-state index contributed by atoms with van der Waals surface area (Å²) >= 11 is 0. The largest absolute Gasteiger partial charge is 0.497 e. The zero-order chi connectivity index (χ0) is 31.1. The standard InChI is InChI=1S/2C17H15NO4/c2*1-20-12-5-2-11(3-6-12)4-7-15(19)13-8-16-17(9-14(13)18)22-10-21-16/h2*2-9H,10,18H2,1H3/b2*7-4+. The summed E-state index contributed by atoms with van der Waals surface area (Å²) in [6.45, 7) is 0.294. The molecule has 4 aromatic carbocycles. The molecule has 0 fully saturated rings. The van der Waals surface area contributed by atoms with Gasteiger partial charge in [0.2, 0.25) is 13.6 Å². The highest BCUT2D eigenvalue weighted by atomic mass is 16.7. The monoisotopic (exact) mass is 594 g/mol. The van der Waals surface area contributed by atoms with Gasteiger partial charge in [-0.3, -0.25) is 9.59 Å². The number of methoxy groups -OCH3 is 2. The van der Waals surface area contributed by atoms with Crippen LogP contribution in [0.15, 0.2) is 84.9 Å². The third kappa shape index (κ3) is 6.93. The lowest BCUT2D eigenvalue weighted by Gasteiger charge is -2.04. The SMILES string of the molecule is COc1ccc(/C=C/C(=O)c2cc3c(cc2N)OCO3)cc1.COc1ccc(/C=C/C(=O)c2cc3c(cc2N)OCO3)cc1. The Bertz CT molecular complexity index is 1600. The molecule has 44 heavy (non-hydrogen) atoms. The molecule has 0 aliphatic carbocycles. The first-order chi connectivity index (χ1) is 21.3. The molecule has 10 heteroatoms. The third-order valence-electron chi connectivity index (χ3n) is 6.71.